The van der Waals surface area contributed by atoms with Gasteiger partial charge in [-0.25, -0.2) is 8.78 Å². The summed E-state index contributed by atoms with van der Waals surface area (Å²) in [6, 6.07) is 2.09. The first kappa shape index (κ1) is 9.09. The minimum absolute atomic E-state index is 0.423. The van der Waals surface area contributed by atoms with Crippen molar-refractivity contribution in [2.45, 2.75) is 18.4 Å². The van der Waals surface area contributed by atoms with Crippen molar-refractivity contribution in [3.05, 3.63) is 33.8 Å². The Morgan fingerprint density at radius 2 is 1.77 bits per heavy atom. The van der Waals surface area contributed by atoms with Crippen molar-refractivity contribution in [3.63, 3.8) is 0 Å². The summed E-state index contributed by atoms with van der Waals surface area (Å²) in [5, 5.41) is 9.68. The predicted octanol–water partition coefficient (Wildman–Crippen LogP) is 2.71. The van der Waals surface area contributed by atoms with E-state index in [4.69, 9.17) is 0 Å². The third kappa shape index (κ3) is 1.48. The zero-order chi connectivity index (χ0) is 9.64. The Labute approximate surface area is 82.5 Å². The Hall–Kier alpha value is -0.480. The second-order valence-electron chi connectivity index (χ2n) is 3.28. The Kier molecular flexibility index (Phi) is 1.92. The molecule has 0 bridgehead atoms. The first-order valence-corrected chi connectivity index (χ1v) is 4.70. The van der Waals surface area contributed by atoms with Gasteiger partial charge in [0.25, 0.3) is 0 Å². The van der Waals surface area contributed by atoms with Gasteiger partial charge < -0.3 is 5.11 Å². The van der Waals surface area contributed by atoms with Crippen LogP contribution < -0.4 is 0 Å². The maximum atomic E-state index is 12.8. The number of benzene rings is 1. The maximum absolute atomic E-state index is 12.8. The van der Waals surface area contributed by atoms with E-state index in [1.165, 1.54) is 0 Å². The van der Waals surface area contributed by atoms with Gasteiger partial charge in [0.1, 0.15) is 0 Å². The molecule has 1 aliphatic carbocycles. The van der Waals surface area contributed by atoms with Crippen LogP contribution in [0.3, 0.4) is 0 Å². The van der Waals surface area contributed by atoms with Crippen molar-refractivity contribution in [1.29, 1.82) is 0 Å². The molecule has 1 aromatic carbocycles. The minimum atomic E-state index is -0.937. The van der Waals surface area contributed by atoms with Crippen LogP contribution in [-0.4, -0.2) is 5.11 Å². The fourth-order valence-corrected chi connectivity index (χ4v) is 1.95. The standard InChI is InChI=1S/C9H7BrF2O/c10-6-4-8(12)7(11)3-5(6)9(13)1-2-9/h3-4,13H,1-2H2. The predicted molar refractivity (Wildman–Crippen MR) is 47.2 cm³/mol. The smallest absolute Gasteiger partial charge is 0.159 e. The molecule has 4 heteroatoms. The Balaban J connectivity index is 2.52. The van der Waals surface area contributed by atoms with Crippen LogP contribution in [0.1, 0.15) is 18.4 Å². The molecule has 0 atom stereocenters. The van der Waals surface area contributed by atoms with Gasteiger partial charge in [0.2, 0.25) is 0 Å². The van der Waals surface area contributed by atoms with Gasteiger partial charge in [0, 0.05) is 10.0 Å². The van der Waals surface area contributed by atoms with Crippen LogP contribution in [0.4, 0.5) is 8.78 Å². The van der Waals surface area contributed by atoms with Crippen molar-refractivity contribution in [2.75, 3.05) is 0 Å². The average molecular weight is 249 g/mol. The Bertz CT molecular complexity index is 361. The van der Waals surface area contributed by atoms with Gasteiger partial charge in [-0.3, -0.25) is 0 Å². The molecule has 13 heavy (non-hydrogen) atoms. The number of hydrogen-bond acceptors (Lipinski definition) is 1. The lowest BCUT2D eigenvalue weighted by Crippen LogP contribution is -2.06. The van der Waals surface area contributed by atoms with Gasteiger partial charge in [-0.05, 0) is 25.0 Å². The van der Waals surface area contributed by atoms with E-state index in [-0.39, 0.29) is 0 Å². The molecular weight excluding hydrogens is 242 g/mol. The molecule has 70 valence electrons. The normalized spacial score (nSPS) is 18.8. The topological polar surface area (TPSA) is 20.2 Å². The van der Waals surface area contributed by atoms with Gasteiger partial charge >= 0.3 is 0 Å². The van der Waals surface area contributed by atoms with E-state index in [0.717, 1.165) is 12.1 Å². The lowest BCUT2D eigenvalue weighted by Gasteiger charge is -2.10. The van der Waals surface area contributed by atoms with Crippen molar-refractivity contribution in [3.8, 4) is 0 Å². The molecule has 1 aromatic rings. The molecule has 1 N–H and O–H groups in total. The summed E-state index contributed by atoms with van der Waals surface area (Å²) in [6.45, 7) is 0. The first-order chi connectivity index (χ1) is 6.03. The lowest BCUT2D eigenvalue weighted by atomic mass is 10.1. The van der Waals surface area contributed by atoms with Crippen molar-refractivity contribution < 1.29 is 13.9 Å². The first-order valence-electron chi connectivity index (χ1n) is 3.90. The van der Waals surface area contributed by atoms with Crippen LogP contribution in [0.25, 0.3) is 0 Å². The summed E-state index contributed by atoms with van der Waals surface area (Å²) >= 11 is 3.09. The van der Waals surface area contributed by atoms with Crippen molar-refractivity contribution >= 4 is 15.9 Å². The van der Waals surface area contributed by atoms with E-state index in [2.05, 4.69) is 15.9 Å². The highest BCUT2D eigenvalue weighted by Crippen LogP contribution is 2.48. The van der Waals surface area contributed by atoms with Crippen molar-refractivity contribution in [1.82, 2.24) is 0 Å². The quantitative estimate of drug-likeness (QED) is 0.758. The van der Waals surface area contributed by atoms with Crippen LogP contribution >= 0.6 is 15.9 Å². The minimum Gasteiger partial charge on any atom is -0.385 e. The molecule has 0 spiro atoms. The zero-order valence-corrected chi connectivity index (χ0v) is 8.24. The van der Waals surface area contributed by atoms with Crippen LogP contribution in [0, 0.1) is 11.6 Å². The largest absolute Gasteiger partial charge is 0.385 e. The number of hydrogen-bond donors (Lipinski definition) is 1. The number of aliphatic hydroxyl groups is 1. The Morgan fingerprint density at radius 3 is 2.31 bits per heavy atom. The van der Waals surface area contributed by atoms with Crippen LogP contribution in [0.2, 0.25) is 0 Å². The van der Waals surface area contributed by atoms with E-state index in [1.54, 1.807) is 0 Å². The molecule has 0 amide bonds. The monoisotopic (exact) mass is 248 g/mol. The summed E-state index contributed by atoms with van der Waals surface area (Å²) in [7, 11) is 0. The number of rotatable bonds is 1. The van der Waals surface area contributed by atoms with Crippen molar-refractivity contribution in [2.24, 2.45) is 0 Å². The third-order valence-corrected chi connectivity index (χ3v) is 2.89. The lowest BCUT2D eigenvalue weighted by molar-refractivity contribution is 0.150. The van der Waals surface area contributed by atoms with Crippen LogP contribution in [0.15, 0.2) is 16.6 Å². The summed E-state index contributed by atoms with van der Waals surface area (Å²) in [4.78, 5) is 0. The van der Waals surface area contributed by atoms with E-state index < -0.39 is 17.2 Å². The fraction of sp³-hybridized carbons (Fsp3) is 0.333. The molecule has 0 unspecified atom stereocenters. The molecule has 0 aromatic heterocycles. The molecule has 1 nitrogen and oxygen atoms in total. The molecule has 1 saturated carbocycles. The van der Waals surface area contributed by atoms with Gasteiger partial charge in [-0.15, -0.1) is 0 Å². The highest BCUT2D eigenvalue weighted by atomic mass is 79.9. The third-order valence-electron chi connectivity index (χ3n) is 2.23. The molecular formula is C9H7BrF2O. The number of halogens is 3. The van der Waals surface area contributed by atoms with Gasteiger partial charge in [-0.2, -0.15) is 0 Å². The summed E-state index contributed by atoms with van der Waals surface area (Å²) in [5.41, 5.74) is -0.501. The molecule has 0 saturated heterocycles. The fourth-order valence-electron chi connectivity index (χ4n) is 1.27. The summed E-state index contributed by atoms with van der Waals surface area (Å²) in [6.07, 6.45) is 1.22. The molecule has 0 aliphatic heterocycles. The highest BCUT2D eigenvalue weighted by Gasteiger charge is 2.43. The van der Waals surface area contributed by atoms with E-state index in [9.17, 15) is 13.9 Å². The maximum Gasteiger partial charge on any atom is 0.159 e. The van der Waals surface area contributed by atoms with E-state index >= 15 is 0 Å². The zero-order valence-electron chi connectivity index (χ0n) is 6.65. The molecule has 2 rings (SSSR count). The van der Waals surface area contributed by atoms with E-state index in [1.807, 2.05) is 0 Å². The van der Waals surface area contributed by atoms with Crippen LogP contribution in [-0.2, 0) is 5.60 Å². The Morgan fingerprint density at radius 1 is 1.23 bits per heavy atom. The SMILES string of the molecule is OC1(c2cc(F)c(F)cc2Br)CC1. The average Bonchev–Trinajstić information content (AvgIpc) is 2.77. The van der Waals surface area contributed by atoms with Gasteiger partial charge in [0.05, 0.1) is 5.60 Å². The highest BCUT2D eigenvalue weighted by molar-refractivity contribution is 9.10. The second-order valence-corrected chi connectivity index (χ2v) is 4.13. The van der Waals surface area contributed by atoms with Crippen LogP contribution in [0.5, 0.6) is 0 Å². The van der Waals surface area contributed by atoms with Gasteiger partial charge in [-0.1, -0.05) is 15.9 Å². The summed E-state index contributed by atoms with van der Waals surface area (Å²) in [5.74, 6) is -1.82. The van der Waals surface area contributed by atoms with Gasteiger partial charge in [0.15, 0.2) is 11.6 Å². The molecule has 1 aliphatic rings. The summed E-state index contributed by atoms with van der Waals surface area (Å²) < 4.78 is 25.9. The molecule has 0 heterocycles. The molecule has 0 radical (unpaired) electrons. The molecule has 1 fully saturated rings. The van der Waals surface area contributed by atoms with E-state index in [0.29, 0.717) is 22.9 Å². The second kappa shape index (κ2) is 2.75.